The fourth-order valence-corrected chi connectivity index (χ4v) is 3.34. The van der Waals surface area contributed by atoms with E-state index in [0.717, 1.165) is 12.8 Å². The van der Waals surface area contributed by atoms with Crippen LogP contribution in [0.5, 0.6) is 0 Å². The zero-order valence-electron chi connectivity index (χ0n) is 10.2. The van der Waals surface area contributed by atoms with Gasteiger partial charge in [0.1, 0.15) is 0 Å². The molecule has 1 aromatic carbocycles. The molecule has 0 atom stereocenters. The van der Waals surface area contributed by atoms with Gasteiger partial charge in [-0.2, -0.15) is 0 Å². The Bertz CT molecular complexity index is 558. The van der Waals surface area contributed by atoms with Crippen LogP contribution in [0.4, 0.5) is 0 Å². The number of halogens is 1. The first-order valence-corrected chi connectivity index (χ1v) is 8.11. The Hall–Kier alpha value is -0.840. The molecule has 1 aliphatic rings. The molecule has 18 heavy (non-hydrogen) atoms. The van der Waals surface area contributed by atoms with Crippen LogP contribution in [0.15, 0.2) is 35.2 Å². The van der Waals surface area contributed by atoms with Gasteiger partial charge in [0.15, 0.2) is 9.84 Å². The van der Waals surface area contributed by atoms with Gasteiger partial charge in [0.25, 0.3) is 0 Å². The van der Waals surface area contributed by atoms with E-state index < -0.39 is 9.84 Å². The summed E-state index contributed by atoms with van der Waals surface area (Å²) in [6.45, 7) is 0.481. The first kappa shape index (κ1) is 13.6. The normalized spacial score (nSPS) is 16.3. The van der Waals surface area contributed by atoms with Crippen LogP contribution in [0, 0.1) is 0 Å². The second-order valence-corrected chi connectivity index (χ2v) is 6.90. The molecule has 0 radical (unpaired) electrons. The quantitative estimate of drug-likeness (QED) is 0.865. The number of sulfone groups is 1. The average Bonchev–Trinajstić information content (AvgIpc) is 2.78. The minimum absolute atomic E-state index is 0.313. The summed E-state index contributed by atoms with van der Waals surface area (Å²) in [5.74, 6) is 0. The van der Waals surface area contributed by atoms with Crippen LogP contribution in [-0.2, 0) is 16.4 Å². The predicted molar refractivity (Wildman–Crippen MR) is 73.6 cm³/mol. The Labute approximate surface area is 113 Å². The lowest BCUT2D eigenvalue weighted by Crippen LogP contribution is -2.26. The van der Waals surface area contributed by atoms with Gasteiger partial charge in [-0.15, -0.1) is 0 Å². The van der Waals surface area contributed by atoms with E-state index in [-0.39, 0.29) is 0 Å². The maximum Gasteiger partial charge on any atom is 0.175 e. The van der Waals surface area contributed by atoms with Crippen molar-refractivity contribution in [2.24, 2.45) is 0 Å². The highest BCUT2D eigenvalue weighted by Gasteiger charge is 2.17. The summed E-state index contributed by atoms with van der Waals surface area (Å²) >= 11 is 6.10. The van der Waals surface area contributed by atoms with Crippen molar-refractivity contribution >= 4 is 21.4 Å². The summed E-state index contributed by atoms with van der Waals surface area (Å²) in [6, 6.07) is 5.37. The van der Waals surface area contributed by atoms with Crippen LogP contribution in [0.3, 0.4) is 0 Å². The molecule has 98 valence electrons. The van der Waals surface area contributed by atoms with Crippen molar-refractivity contribution in [1.82, 2.24) is 5.32 Å². The van der Waals surface area contributed by atoms with Gasteiger partial charge in [-0.1, -0.05) is 29.8 Å². The lowest BCUT2D eigenvalue weighted by atomic mass is 10.2. The van der Waals surface area contributed by atoms with Crippen LogP contribution in [-0.4, -0.2) is 20.7 Å². The number of rotatable bonds is 4. The molecular formula is C13H16ClNO2S. The Balaban J connectivity index is 2.20. The largest absolute Gasteiger partial charge is 0.309 e. The first-order chi connectivity index (χ1) is 8.48. The third-order valence-electron chi connectivity index (χ3n) is 3.05. The minimum atomic E-state index is -3.24. The molecule has 0 spiro atoms. The third kappa shape index (κ3) is 3.13. The molecule has 1 aromatic rings. The minimum Gasteiger partial charge on any atom is -0.309 e. The van der Waals surface area contributed by atoms with Gasteiger partial charge < -0.3 is 5.32 Å². The monoisotopic (exact) mass is 285 g/mol. The Morgan fingerprint density at radius 1 is 1.33 bits per heavy atom. The van der Waals surface area contributed by atoms with Crippen molar-refractivity contribution in [3.05, 3.63) is 40.9 Å². The first-order valence-electron chi connectivity index (χ1n) is 5.84. The highest BCUT2D eigenvalue weighted by Crippen LogP contribution is 2.24. The molecule has 0 saturated carbocycles. The highest BCUT2D eigenvalue weighted by molar-refractivity contribution is 7.90. The SMILES string of the molecule is CS(=O)(=O)c1cccc(Cl)c1CNC1CC=CC1. The van der Waals surface area contributed by atoms with Gasteiger partial charge in [-0.25, -0.2) is 8.42 Å². The van der Waals surface area contributed by atoms with Crippen molar-refractivity contribution in [3.8, 4) is 0 Å². The van der Waals surface area contributed by atoms with Crippen LogP contribution in [0.25, 0.3) is 0 Å². The lowest BCUT2D eigenvalue weighted by molar-refractivity contribution is 0.533. The molecular weight excluding hydrogens is 270 g/mol. The molecule has 0 amide bonds. The summed E-state index contributed by atoms with van der Waals surface area (Å²) in [5, 5.41) is 3.84. The van der Waals surface area contributed by atoms with Crippen molar-refractivity contribution < 1.29 is 8.42 Å². The molecule has 1 aliphatic carbocycles. The summed E-state index contributed by atoms with van der Waals surface area (Å²) in [6.07, 6.45) is 7.43. The number of hydrogen-bond donors (Lipinski definition) is 1. The smallest absolute Gasteiger partial charge is 0.175 e. The van der Waals surface area contributed by atoms with Gasteiger partial charge >= 0.3 is 0 Å². The van der Waals surface area contributed by atoms with Crippen molar-refractivity contribution in [2.75, 3.05) is 6.26 Å². The van der Waals surface area contributed by atoms with Crippen LogP contribution in [0.2, 0.25) is 5.02 Å². The highest BCUT2D eigenvalue weighted by atomic mass is 35.5. The van der Waals surface area contributed by atoms with E-state index in [1.54, 1.807) is 18.2 Å². The molecule has 0 aliphatic heterocycles. The van der Waals surface area contributed by atoms with Crippen molar-refractivity contribution in [1.29, 1.82) is 0 Å². The molecule has 0 bridgehead atoms. The van der Waals surface area contributed by atoms with E-state index in [1.165, 1.54) is 6.26 Å². The van der Waals surface area contributed by atoms with Gasteiger partial charge in [0.2, 0.25) is 0 Å². The molecule has 0 heterocycles. The molecule has 0 unspecified atom stereocenters. The lowest BCUT2D eigenvalue weighted by Gasteiger charge is -2.15. The topological polar surface area (TPSA) is 46.2 Å². The van der Waals surface area contributed by atoms with Gasteiger partial charge in [0, 0.05) is 29.4 Å². The van der Waals surface area contributed by atoms with E-state index in [9.17, 15) is 8.42 Å². The molecule has 0 fully saturated rings. The number of hydrogen-bond acceptors (Lipinski definition) is 3. The van der Waals surface area contributed by atoms with Crippen molar-refractivity contribution in [2.45, 2.75) is 30.3 Å². The average molecular weight is 286 g/mol. The summed E-state index contributed by atoms with van der Waals surface area (Å²) in [4.78, 5) is 0.313. The third-order valence-corrected chi connectivity index (χ3v) is 4.59. The molecule has 3 nitrogen and oxygen atoms in total. The number of nitrogens with one attached hydrogen (secondary N) is 1. The zero-order chi connectivity index (χ0) is 13.2. The van der Waals surface area contributed by atoms with E-state index in [1.807, 2.05) is 0 Å². The number of benzene rings is 1. The maximum atomic E-state index is 11.7. The zero-order valence-corrected chi connectivity index (χ0v) is 11.8. The van der Waals surface area contributed by atoms with E-state index in [2.05, 4.69) is 17.5 Å². The Kier molecular flexibility index (Phi) is 4.10. The van der Waals surface area contributed by atoms with Gasteiger partial charge in [-0.3, -0.25) is 0 Å². The van der Waals surface area contributed by atoms with E-state index in [0.29, 0.717) is 28.1 Å². The second-order valence-electron chi connectivity index (χ2n) is 4.51. The summed E-state index contributed by atoms with van der Waals surface area (Å²) in [7, 11) is -3.24. The van der Waals surface area contributed by atoms with Crippen LogP contribution in [0.1, 0.15) is 18.4 Å². The van der Waals surface area contributed by atoms with Gasteiger partial charge in [0.05, 0.1) is 4.90 Å². The molecule has 0 saturated heterocycles. The van der Waals surface area contributed by atoms with Crippen molar-refractivity contribution in [3.63, 3.8) is 0 Å². The standard InChI is InChI=1S/C13H16ClNO2S/c1-18(16,17)13-8-4-7-12(14)11(13)9-15-10-5-2-3-6-10/h2-4,7-8,10,15H,5-6,9H2,1H3. The Morgan fingerprint density at radius 3 is 2.61 bits per heavy atom. The fourth-order valence-electron chi connectivity index (χ4n) is 2.09. The Morgan fingerprint density at radius 2 is 2.00 bits per heavy atom. The van der Waals surface area contributed by atoms with Crippen LogP contribution < -0.4 is 5.32 Å². The van der Waals surface area contributed by atoms with Gasteiger partial charge in [-0.05, 0) is 25.0 Å². The maximum absolute atomic E-state index is 11.7. The predicted octanol–water partition coefficient (Wildman–Crippen LogP) is 2.55. The molecule has 0 aromatic heterocycles. The van der Waals surface area contributed by atoms with Crippen LogP contribution >= 0.6 is 11.6 Å². The molecule has 5 heteroatoms. The molecule has 2 rings (SSSR count). The van der Waals surface area contributed by atoms with E-state index in [4.69, 9.17) is 11.6 Å². The second kappa shape index (κ2) is 5.43. The van der Waals surface area contributed by atoms with E-state index >= 15 is 0 Å². The fraction of sp³-hybridized carbons (Fsp3) is 0.385. The molecule has 1 N–H and O–H groups in total. The summed E-state index contributed by atoms with van der Waals surface area (Å²) in [5.41, 5.74) is 0.661. The summed E-state index contributed by atoms with van der Waals surface area (Å²) < 4.78 is 23.4.